The first kappa shape index (κ1) is 74.9. The van der Waals surface area contributed by atoms with Gasteiger partial charge in [0.2, 0.25) is 11.6 Å². The fourth-order valence-corrected chi connectivity index (χ4v) is 19.6. The molecule has 4 aliphatic carbocycles. The van der Waals surface area contributed by atoms with Crippen LogP contribution >= 0.6 is 16.5 Å². The number of para-hydroxylation sites is 2. The molecule has 15 nitrogen and oxygen atoms in total. The quantitative estimate of drug-likeness (QED) is 0.0222. The minimum Gasteiger partial charge on any atom is -0.462 e. The van der Waals surface area contributed by atoms with Gasteiger partial charge in [0.05, 0.1) is 24.2 Å². The number of ether oxygens (including phenoxy) is 2. The maximum atomic E-state index is 13.3. The Morgan fingerprint density at radius 3 is 2.16 bits per heavy atom. The zero-order chi connectivity index (χ0) is 67.9. The number of benzene rings is 2. The highest BCUT2D eigenvalue weighted by Gasteiger charge is 2.59. The van der Waals surface area contributed by atoms with E-state index in [4.69, 9.17) is 27.6 Å². The summed E-state index contributed by atoms with van der Waals surface area (Å²) in [7, 11) is -5.03. The zero-order valence-electron chi connectivity index (χ0n) is 59.6. The lowest BCUT2D eigenvalue weighted by molar-refractivity contribution is -0.438. The number of unbranched alkanes of at least 4 members (excludes halogenated alkanes) is 5. The molecule has 0 spiro atoms. The number of likely N-dealkylation sites (N-methyl/N-ethyl adjacent to an activating group) is 1. The summed E-state index contributed by atoms with van der Waals surface area (Å²) in [4.78, 5) is 43.2. The van der Waals surface area contributed by atoms with Crippen molar-refractivity contribution in [1.29, 1.82) is 0 Å². The number of esters is 1. The predicted octanol–water partition coefficient (Wildman–Crippen LogP) is 17.9. The number of anilines is 1. The van der Waals surface area contributed by atoms with E-state index in [1.807, 2.05) is 0 Å². The standard InChI is InChI=1S/C78H118N3O12P2/c1-11-79-69-32-20-18-30-67(69)75(5,6)71(79)34-24-35-72-76(7,8)68-31-19-21-33-70(68)80(72)46-22-14-15-28-60(82)29-25-47-88-48-49-89-94(86)90-50-51-91-95(87)92-55-59-53-61(83)54-81(59)73(84)36-16-12-13-17-37-74(85)93-62-42-44-77(9)58(52-62)38-39-63-65-41-40-64(57(4)27-23-26-56(2)3)78(65,10)45-43-66(63)77/h18-21,24,30-35,38,56-57,59,61-66,83H,11-17,22-23,25-29,36-37,39-55H2,1-10H3/q+3/t57-,59-,61+,62-,63?,64+,65?,66?,77-,78+/m0/s1. The van der Waals surface area contributed by atoms with E-state index in [2.05, 4.69) is 152 Å². The van der Waals surface area contributed by atoms with Gasteiger partial charge in [-0.3, -0.25) is 14.4 Å². The van der Waals surface area contributed by atoms with Crippen molar-refractivity contribution in [1.82, 2.24) is 4.90 Å². The van der Waals surface area contributed by atoms with Crippen LogP contribution in [0.2, 0.25) is 0 Å². The molecule has 0 radical (unpaired) electrons. The maximum absolute atomic E-state index is 13.3. The molecule has 7 aliphatic rings. The van der Waals surface area contributed by atoms with E-state index in [0.717, 1.165) is 100.0 Å². The molecule has 4 fully saturated rings. The van der Waals surface area contributed by atoms with Crippen molar-refractivity contribution in [2.75, 3.05) is 64.2 Å². The fourth-order valence-electron chi connectivity index (χ4n) is 18.5. The Hall–Kier alpha value is -4.30. The van der Waals surface area contributed by atoms with Gasteiger partial charge in [-0.15, -0.1) is 18.1 Å². The number of rotatable bonds is 38. The number of nitrogens with zero attached hydrogens (tertiary/aromatic N) is 3. The third kappa shape index (κ3) is 18.6. The summed E-state index contributed by atoms with van der Waals surface area (Å²) in [5.74, 6) is 4.83. The molecule has 5 unspecified atom stereocenters. The van der Waals surface area contributed by atoms with Crippen LogP contribution in [-0.2, 0) is 61.9 Å². The van der Waals surface area contributed by atoms with Crippen LogP contribution in [0.5, 0.6) is 0 Å². The van der Waals surface area contributed by atoms with Crippen molar-refractivity contribution >= 4 is 51.3 Å². The molecule has 1 amide bonds. The number of amides is 1. The molecular weight excluding hydrogens is 1230 g/mol. The van der Waals surface area contributed by atoms with Crippen LogP contribution in [0.25, 0.3) is 0 Å². The molecule has 17 heteroatoms. The highest BCUT2D eigenvalue weighted by atomic mass is 31.1. The number of Topliss-reactive ketones (excluding diaryl/α,β-unsaturated/α-hetero) is 1. The Kier molecular flexibility index (Phi) is 27.3. The number of allylic oxidation sites excluding steroid dienone is 5. The van der Waals surface area contributed by atoms with Gasteiger partial charge in [0.1, 0.15) is 44.9 Å². The molecule has 95 heavy (non-hydrogen) atoms. The van der Waals surface area contributed by atoms with E-state index in [1.165, 1.54) is 85.3 Å². The van der Waals surface area contributed by atoms with Gasteiger partial charge < -0.3 is 24.4 Å². The smallest absolute Gasteiger partial charge is 0.462 e. The number of hydrogen-bond donors (Lipinski definition) is 1. The number of hydrogen-bond acceptors (Lipinski definition) is 13. The molecule has 0 bridgehead atoms. The SMILES string of the molecule is CCN1C(=CC=CC2=[N+](CCCCCC(=O)CCCOCCO[P+](=O)OCCO[P+](=O)OC[C@@H]3C[C@@H](O)CN3C(=O)CCCCCCC(=O)O[C@H]3CC[C@@]4(C)C(=CCC5C4CC[C@@]4(C)C5CC[C@@H]4[C@@H](C)CCCC(C)C)C3)c3ccccc3C2(C)C)C(C)(C)c2ccccc21. The van der Waals surface area contributed by atoms with Crippen molar-refractivity contribution < 1.29 is 60.8 Å². The average Bonchev–Trinajstić information content (AvgIpc) is 1.71. The summed E-state index contributed by atoms with van der Waals surface area (Å²) in [6, 6.07) is 17.0. The predicted molar refractivity (Wildman–Crippen MR) is 378 cm³/mol. The van der Waals surface area contributed by atoms with Crippen molar-refractivity contribution in [2.24, 2.45) is 46.3 Å². The third-order valence-electron chi connectivity index (χ3n) is 23.6. The van der Waals surface area contributed by atoms with Crippen LogP contribution < -0.4 is 4.90 Å². The number of likely N-dealkylation sites (tertiary alicyclic amines) is 1. The molecular formula is C78H118N3O12P2+3. The fraction of sp³-hybridized carbons (Fsp3) is 0.718. The highest BCUT2D eigenvalue weighted by Crippen LogP contribution is 2.67. The summed E-state index contributed by atoms with van der Waals surface area (Å²) < 4.78 is 60.2. The van der Waals surface area contributed by atoms with Gasteiger partial charge in [0, 0.05) is 102 Å². The van der Waals surface area contributed by atoms with Crippen molar-refractivity contribution in [3.63, 3.8) is 0 Å². The maximum Gasteiger partial charge on any atom is 0.697 e. The van der Waals surface area contributed by atoms with Gasteiger partial charge in [0.15, 0.2) is 5.71 Å². The first-order valence-electron chi connectivity index (χ1n) is 37.0. The summed E-state index contributed by atoms with van der Waals surface area (Å²) in [5.41, 5.74) is 9.82. The molecule has 1 saturated heterocycles. The molecule has 0 aromatic heterocycles. The van der Waals surface area contributed by atoms with Crippen molar-refractivity contribution in [3.8, 4) is 0 Å². The van der Waals surface area contributed by atoms with Crippen LogP contribution in [0.3, 0.4) is 0 Å². The van der Waals surface area contributed by atoms with Gasteiger partial charge in [-0.2, -0.15) is 4.58 Å². The summed E-state index contributed by atoms with van der Waals surface area (Å²) >= 11 is 0. The number of ketones is 1. The summed E-state index contributed by atoms with van der Waals surface area (Å²) in [6.07, 6.45) is 30.7. The topological polar surface area (TPSA) is 170 Å². The van der Waals surface area contributed by atoms with Gasteiger partial charge in [0.25, 0.3) is 0 Å². The Morgan fingerprint density at radius 1 is 0.716 bits per heavy atom. The molecule has 3 aliphatic heterocycles. The molecule has 3 saturated carbocycles. The second-order valence-corrected chi connectivity index (χ2v) is 32.9. The Balaban J connectivity index is 0.568. The highest BCUT2D eigenvalue weighted by molar-refractivity contribution is 7.33. The van der Waals surface area contributed by atoms with Crippen molar-refractivity contribution in [2.45, 2.75) is 252 Å². The van der Waals surface area contributed by atoms with Crippen LogP contribution in [-0.4, -0.2) is 115 Å². The van der Waals surface area contributed by atoms with Gasteiger partial charge >= 0.3 is 22.5 Å². The molecule has 2 aromatic rings. The van der Waals surface area contributed by atoms with E-state index >= 15 is 0 Å². The van der Waals surface area contributed by atoms with Gasteiger partial charge in [-0.05, 0) is 168 Å². The molecule has 9 rings (SSSR count). The van der Waals surface area contributed by atoms with E-state index in [9.17, 15) is 28.6 Å². The summed E-state index contributed by atoms with van der Waals surface area (Å²) in [5, 5.41) is 10.4. The monoisotopic (exact) mass is 1350 g/mol. The van der Waals surface area contributed by atoms with E-state index in [0.29, 0.717) is 63.4 Å². The third-order valence-corrected chi connectivity index (χ3v) is 25.1. The number of carbonyl (C=O) groups is 3. The Morgan fingerprint density at radius 2 is 1.40 bits per heavy atom. The number of carbonyl (C=O) groups excluding carboxylic acids is 3. The second kappa shape index (κ2) is 34.7. The van der Waals surface area contributed by atoms with Gasteiger partial charge in [-0.1, -0.05) is 135 Å². The molecule has 524 valence electrons. The minimum absolute atomic E-state index is 0.0363. The number of β-amino-alcohol motifs (C(OH)–C–C–N with tert-alkyl or cyclic N) is 1. The molecule has 1 N–H and O–H groups in total. The molecule has 3 heterocycles. The normalized spacial score (nSPS) is 27.6. The van der Waals surface area contributed by atoms with Crippen LogP contribution in [0.15, 0.2) is 84.1 Å². The minimum atomic E-state index is -2.56. The number of aliphatic hydroxyl groups excluding tert-OH is 1. The van der Waals surface area contributed by atoms with Crippen LogP contribution in [0, 0.1) is 46.3 Å². The lowest BCUT2D eigenvalue weighted by Crippen LogP contribution is -2.51. The van der Waals surface area contributed by atoms with Gasteiger partial charge in [-0.25, -0.2) is 0 Å². The number of fused-ring (bicyclic) bond motifs is 7. The second-order valence-electron chi connectivity index (χ2n) is 30.9. The van der Waals surface area contributed by atoms with Crippen molar-refractivity contribution in [3.05, 3.63) is 95.2 Å². The summed E-state index contributed by atoms with van der Waals surface area (Å²) in [6.45, 7) is 26.1. The Bertz CT molecular complexity index is 3080. The first-order chi connectivity index (χ1) is 45.6. The van der Waals surface area contributed by atoms with Crippen LogP contribution in [0.1, 0.15) is 234 Å². The van der Waals surface area contributed by atoms with Crippen LogP contribution in [0.4, 0.5) is 11.4 Å². The molecule has 12 atom stereocenters. The average molecular weight is 1350 g/mol. The first-order valence-corrected chi connectivity index (χ1v) is 39.2. The zero-order valence-corrected chi connectivity index (χ0v) is 61.4. The van der Waals surface area contributed by atoms with E-state index < -0.39 is 28.7 Å². The lowest BCUT2D eigenvalue weighted by atomic mass is 9.47. The largest absolute Gasteiger partial charge is 0.697 e. The van der Waals surface area contributed by atoms with E-state index in [1.54, 1.807) is 10.5 Å². The van der Waals surface area contributed by atoms with E-state index in [-0.39, 0.29) is 79.6 Å². The number of aliphatic hydroxyl groups is 1. The lowest BCUT2D eigenvalue weighted by Gasteiger charge is -2.58. The Labute approximate surface area is 572 Å². The molecule has 2 aromatic carbocycles.